The molecule has 0 saturated carbocycles. The van der Waals surface area contributed by atoms with Crippen LogP contribution in [0.15, 0.2) is 42.6 Å². The number of benzene rings is 1. The standard InChI is InChI=1S/C22H23N5O/c1-14-8-9-18-17(12-14)16(15(2)23-18)13-21(28)26-11-5-6-19(26)22-25-24-20-7-3-4-10-27(20)22/h3-4,7-10,12,19,23H,5-6,11,13H2,1-2H3. The van der Waals surface area contributed by atoms with Crippen molar-refractivity contribution in [1.29, 1.82) is 0 Å². The van der Waals surface area contributed by atoms with Crippen molar-refractivity contribution < 1.29 is 4.79 Å². The van der Waals surface area contributed by atoms with Gasteiger partial charge in [-0.1, -0.05) is 17.7 Å². The van der Waals surface area contributed by atoms with E-state index < -0.39 is 0 Å². The Morgan fingerprint density at radius 1 is 1.21 bits per heavy atom. The number of carbonyl (C=O) groups is 1. The first-order chi connectivity index (χ1) is 13.6. The fourth-order valence-electron chi connectivity index (χ4n) is 4.40. The van der Waals surface area contributed by atoms with Gasteiger partial charge in [0.1, 0.15) is 0 Å². The molecular formula is C22H23N5O. The fraction of sp³-hybridized carbons (Fsp3) is 0.318. The molecule has 1 atom stereocenters. The van der Waals surface area contributed by atoms with E-state index in [1.165, 1.54) is 5.56 Å². The fourth-order valence-corrected chi connectivity index (χ4v) is 4.40. The van der Waals surface area contributed by atoms with E-state index in [1.807, 2.05) is 40.6 Å². The number of nitrogens with one attached hydrogen (secondary N) is 1. The SMILES string of the molecule is Cc1ccc2[nH]c(C)c(CC(=O)N3CCCC3c3nnc4ccccn34)c2c1. The molecule has 0 aliphatic carbocycles. The van der Waals surface area contributed by atoms with Gasteiger partial charge in [-0.2, -0.15) is 0 Å². The van der Waals surface area contributed by atoms with Gasteiger partial charge in [-0.15, -0.1) is 10.2 Å². The van der Waals surface area contributed by atoms with Gasteiger partial charge in [0.25, 0.3) is 0 Å². The van der Waals surface area contributed by atoms with E-state index in [9.17, 15) is 4.79 Å². The molecule has 4 heterocycles. The molecular weight excluding hydrogens is 350 g/mol. The van der Waals surface area contributed by atoms with Crippen molar-refractivity contribution >= 4 is 22.5 Å². The van der Waals surface area contributed by atoms with Crippen LogP contribution >= 0.6 is 0 Å². The van der Waals surface area contributed by atoms with Gasteiger partial charge in [0, 0.05) is 29.3 Å². The number of aromatic amines is 1. The minimum Gasteiger partial charge on any atom is -0.358 e. The lowest BCUT2D eigenvalue weighted by molar-refractivity contribution is -0.131. The molecule has 1 amide bonds. The summed E-state index contributed by atoms with van der Waals surface area (Å²) in [6, 6.07) is 12.2. The van der Waals surface area contributed by atoms with Crippen LogP contribution < -0.4 is 0 Å². The van der Waals surface area contributed by atoms with Crippen LogP contribution in [-0.4, -0.2) is 36.9 Å². The van der Waals surface area contributed by atoms with E-state index in [0.29, 0.717) is 6.42 Å². The highest BCUT2D eigenvalue weighted by Gasteiger charge is 2.33. The van der Waals surface area contributed by atoms with Gasteiger partial charge in [-0.25, -0.2) is 0 Å². The Morgan fingerprint density at radius 2 is 2.11 bits per heavy atom. The first-order valence-electron chi connectivity index (χ1n) is 9.79. The number of aromatic nitrogens is 4. The highest BCUT2D eigenvalue weighted by molar-refractivity contribution is 5.90. The van der Waals surface area contributed by atoms with Gasteiger partial charge in [-0.3, -0.25) is 9.20 Å². The van der Waals surface area contributed by atoms with Crippen LogP contribution in [0.4, 0.5) is 0 Å². The third kappa shape index (κ3) is 2.68. The Balaban J connectivity index is 1.47. The van der Waals surface area contributed by atoms with E-state index in [2.05, 4.69) is 40.3 Å². The number of fused-ring (bicyclic) bond motifs is 2. The maximum Gasteiger partial charge on any atom is 0.227 e. The number of rotatable bonds is 3. The van der Waals surface area contributed by atoms with Crippen LogP contribution in [0.3, 0.4) is 0 Å². The third-order valence-corrected chi connectivity index (χ3v) is 5.81. The number of hydrogen-bond donors (Lipinski definition) is 1. The van der Waals surface area contributed by atoms with E-state index in [-0.39, 0.29) is 11.9 Å². The van der Waals surface area contributed by atoms with Crippen molar-refractivity contribution in [3.8, 4) is 0 Å². The zero-order chi connectivity index (χ0) is 19.3. The Hall–Kier alpha value is -3.15. The number of amides is 1. The molecule has 142 valence electrons. The van der Waals surface area contributed by atoms with Gasteiger partial charge in [0.2, 0.25) is 5.91 Å². The third-order valence-electron chi connectivity index (χ3n) is 5.81. The second kappa shape index (κ2) is 6.48. The number of nitrogens with zero attached hydrogens (tertiary/aromatic N) is 4. The van der Waals surface area contributed by atoms with Crippen molar-refractivity contribution in [2.75, 3.05) is 6.54 Å². The summed E-state index contributed by atoms with van der Waals surface area (Å²) in [6.45, 7) is 4.90. The van der Waals surface area contributed by atoms with Crippen molar-refractivity contribution in [3.05, 3.63) is 65.2 Å². The maximum atomic E-state index is 13.3. The zero-order valence-electron chi connectivity index (χ0n) is 16.1. The first-order valence-corrected chi connectivity index (χ1v) is 9.79. The van der Waals surface area contributed by atoms with Gasteiger partial charge in [0.15, 0.2) is 11.5 Å². The number of likely N-dealkylation sites (tertiary alicyclic amines) is 1. The molecule has 1 aliphatic heterocycles. The van der Waals surface area contributed by atoms with Gasteiger partial charge in [0.05, 0.1) is 12.5 Å². The molecule has 0 spiro atoms. The molecule has 6 heteroatoms. The van der Waals surface area contributed by atoms with Crippen LogP contribution in [0, 0.1) is 13.8 Å². The molecule has 4 aromatic rings. The number of carbonyl (C=O) groups excluding carboxylic acids is 1. The molecule has 1 N–H and O–H groups in total. The number of pyridine rings is 1. The van der Waals surface area contributed by atoms with Crippen LogP contribution in [0.2, 0.25) is 0 Å². The molecule has 28 heavy (non-hydrogen) atoms. The average molecular weight is 373 g/mol. The minimum atomic E-state index is -0.0165. The Kier molecular flexibility index (Phi) is 3.93. The second-order valence-electron chi connectivity index (χ2n) is 7.69. The van der Waals surface area contributed by atoms with Gasteiger partial charge < -0.3 is 9.88 Å². The Bertz CT molecular complexity index is 1190. The van der Waals surface area contributed by atoms with E-state index in [0.717, 1.165) is 53.0 Å². The Labute approximate surface area is 163 Å². The van der Waals surface area contributed by atoms with E-state index >= 15 is 0 Å². The summed E-state index contributed by atoms with van der Waals surface area (Å²) >= 11 is 0. The summed E-state index contributed by atoms with van der Waals surface area (Å²) in [5.41, 5.74) is 5.28. The highest BCUT2D eigenvalue weighted by atomic mass is 16.2. The van der Waals surface area contributed by atoms with Crippen LogP contribution in [0.25, 0.3) is 16.6 Å². The highest BCUT2D eigenvalue weighted by Crippen LogP contribution is 2.32. The number of hydrogen-bond acceptors (Lipinski definition) is 3. The zero-order valence-corrected chi connectivity index (χ0v) is 16.1. The summed E-state index contributed by atoms with van der Waals surface area (Å²) in [5, 5.41) is 9.81. The van der Waals surface area contributed by atoms with Crippen molar-refractivity contribution in [1.82, 2.24) is 24.5 Å². The summed E-state index contributed by atoms with van der Waals surface area (Å²) in [7, 11) is 0. The lowest BCUT2D eigenvalue weighted by atomic mass is 10.0. The van der Waals surface area contributed by atoms with Crippen molar-refractivity contribution in [2.45, 2.75) is 39.2 Å². The summed E-state index contributed by atoms with van der Waals surface area (Å²) in [6.07, 6.45) is 4.29. The maximum absolute atomic E-state index is 13.3. The van der Waals surface area contributed by atoms with E-state index in [4.69, 9.17) is 0 Å². The molecule has 3 aromatic heterocycles. The summed E-state index contributed by atoms with van der Waals surface area (Å²) in [5.74, 6) is 1.01. The first kappa shape index (κ1) is 17.0. The lowest BCUT2D eigenvalue weighted by Gasteiger charge is -2.23. The molecule has 1 unspecified atom stereocenters. The molecule has 6 nitrogen and oxygen atoms in total. The largest absolute Gasteiger partial charge is 0.358 e. The van der Waals surface area contributed by atoms with Crippen LogP contribution in [0.1, 0.15) is 41.5 Å². The molecule has 1 aliphatic rings. The molecule has 0 radical (unpaired) electrons. The lowest BCUT2D eigenvalue weighted by Crippen LogP contribution is -2.32. The molecule has 1 saturated heterocycles. The summed E-state index contributed by atoms with van der Waals surface area (Å²) < 4.78 is 2.00. The number of aryl methyl sites for hydroxylation is 2. The van der Waals surface area contributed by atoms with Crippen LogP contribution in [-0.2, 0) is 11.2 Å². The van der Waals surface area contributed by atoms with Crippen LogP contribution in [0.5, 0.6) is 0 Å². The predicted octanol–water partition coefficient (Wildman–Crippen LogP) is 3.73. The second-order valence-corrected chi connectivity index (χ2v) is 7.69. The topological polar surface area (TPSA) is 66.3 Å². The normalized spacial score (nSPS) is 17.1. The van der Waals surface area contributed by atoms with E-state index in [1.54, 1.807) is 0 Å². The van der Waals surface area contributed by atoms with Gasteiger partial charge >= 0.3 is 0 Å². The summed E-state index contributed by atoms with van der Waals surface area (Å²) in [4.78, 5) is 18.7. The minimum absolute atomic E-state index is 0.0165. The quantitative estimate of drug-likeness (QED) is 0.595. The number of H-pyrrole nitrogens is 1. The van der Waals surface area contributed by atoms with Crippen molar-refractivity contribution in [2.24, 2.45) is 0 Å². The molecule has 5 rings (SSSR count). The molecule has 0 bridgehead atoms. The van der Waals surface area contributed by atoms with Crippen molar-refractivity contribution in [3.63, 3.8) is 0 Å². The molecule has 1 aromatic carbocycles. The monoisotopic (exact) mass is 373 g/mol. The molecule has 1 fully saturated rings. The Morgan fingerprint density at radius 3 is 3.00 bits per heavy atom. The predicted molar refractivity (Wildman–Crippen MR) is 108 cm³/mol. The smallest absolute Gasteiger partial charge is 0.227 e. The van der Waals surface area contributed by atoms with Gasteiger partial charge in [-0.05, 0) is 56.5 Å². The average Bonchev–Trinajstić information content (AvgIpc) is 3.39.